The summed E-state index contributed by atoms with van der Waals surface area (Å²) >= 11 is 5.75. The van der Waals surface area contributed by atoms with Crippen molar-refractivity contribution in [2.24, 2.45) is 0 Å². The fourth-order valence-electron chi connectivity index (χ4n) is 24.0. The van der Waals surface area contributed by atoms with Gasteiger partial charge in [0, 0.05) is 76.7 Å². The number of hydrogen-bond donors (Lipinski definition) is 0. The van der Waals surface area contributed by atoms with Crippen molar-refractivity contribution < 1.29 is 0 Å². The van der Waals surface area contributed by atoms with E-state index < -0.39 is 0 Å². The Morgan fingerprint density at radius 1 is 0.106 bits per heavy atom. The summed E-state index contributed by atoms with van der Waals surface area (Å²) in [5.74, 6) is 0. The Bertz CT molecular complexity index is 10500. The highest BCUT2D eigenvalue weighted by molar-refractivity contribution is 7.28. The minimum Gasteiger partial charge on any atom is -0.135 e. The maximum atomic E-state index is 2.46. The molecule has 31 rings (SSSR count). The molecule has 0 unspecified atom stereocenters. The average molecular weight is 1840 g/mol. The Morgan fingerprint density at radius 2 is 0.333 bits per heavy atom. The van der Waals surface area contributed by atoms with Crippen molar-refractivity contribution in [1.82, 2.24) is 0 Å². The van der Waals surface area contributed by atoms with Gasteiger partial charge in [-0.2, -0.15) is 0 Å². The molecule has 0 bridgehead atoms. The molecule has 652 valence electrons. The summed E-state index contributed by atoms with van der Waals surface area (Å²) in [5.41, 5.74) is 17.8. The van der Waals surface area contributed by atoms with Gasteiger partial charge in [-0.1, -0.05) is 455 Å². The zero-order valence-electron chi connectivity index (χ0n) is 76.6. The minimum absolute atomic E-state index is 1.23. The van der Waals surface area contributed by atoms with E-state index in [0.717, 1.165) is 0 Å². The zero-order valence-corrected chi connectivity index (χ0v) is 79.0. The Kier molecular flexibility index (Phi) is 18.8. The van der Waals surface area contributed by atoms with E-state index in [9.17, 15) is 0 Å². The fraction of sp³-hybridized carbons (Fsp3) is 0. The lowest BCUT2D eigenvalue weighted by molar-refractivity contribution is 1.61. The van der Waals surface area contributed by atoms with Crippen LogP contribution in [0.5, 0.6) is 0 Å². The Hall–Kier alpha value is -17.3. The first-order valence-corrected chi connectivity index (χ1v) is 51.1. The van der Waals surface area contributed by atoms with Gasteiger partial charge in [-0.25, -0.2) is 0 Å². The van der Waals surface area contributed by atoms with E-state index in [0.29, 0.717) is 0 Å². The summed E-state index contributed by atoms with van der Waals surface area (Å²) in [7, 11) is 0. The fourth-order valence-corrected chi connectivity index (χ4v) is 27.7. The molecule has 0 saturated carbocycles. The van der Waals surface area contributed by atoms with Crippen LogP contribution in [0.1, 0.15) is 0 Å². The summed E-state index contributed by atoms with van der Waals surface area (Å²) in [6, 6.07) is 184. The largest absolute Gasteiger partial charge is 0.135 e. The quantitative estimate of drug-likeness (QED) is 0.110. The molecule has 0 atom stereocenters. The van der Waals surface area contributed by atoms with Gasteiger partial charge in [0.05, 0.1) is 0 Å². The van der Waals surface area contributed by atoms with Crippen LogP contribution in [0, 0.1) is 0 Å². The molecule has 0 fully saturated rings. The lowest BCUT2D eigenvalue weighted by Gasteiger charge is -2.19. The van der Waals surface area contributed by atoms with Crippen LogP contribution in [0.4, 0.5) is 0 Å². The van der Waals surface area contributed by atoms with Gasteiger partial charge < -0.3 is 0 Å². The summed E-state index contributed by atoms with van der Waals surface area (Å²) in [6.45, 7) is 0. The Balaban J connectivity index is 0.000000101. The second-order valence-electron chi connectivity index (χ2n) is 37.5. The van der Waals surface area contributed by atoms with Crippen molar-refractivity contribution in [1.29, 1.82) is 0 Å². The maximum Gasteiger partial charge on any atom is 0.0440 e. The van der Waals surface area contributed by atoms with Gasteiger partial charge in [0.1, 0.15) is 0 Å². The number of thiophene rings is 3. The molecule has 0 aliphatic heterocycles. The van der Waals surface area contributed by atoms with E-state index in [-0.39, 0.29) is 0 Å². The molecule has 0 radical (unpaired) electrons. The van der Waals surface area contributed by atoms with Crippen LogP contribution in [0.3, 0.4) is 0 Å². The number of hydrogen-bond acceptors (Lipinski definition) is 3. The van der Waals surface area contributed by atoms with Crippen LogP contribution < -0.4 is 0 Å². The molecule has 3 heterocycles. The van der Waals surface area contributed by atoms with Crippen molar-refractivity contribution in [2.75, 3.05) is 0 Å². The average Bonchev–Trinajstić information content (AvgIpc) is 1.72. The molecule has 28 aromatic carbocycles. The van der Waals surface area contributed by atoms with Crippen molar-refractivity contribution >= 4 is 256 Å². The van der Waals surface area contributed by atoms with Gasteiger partial charge in [-0.3, -0.25) is 0 Å². The third-order valence-corrected chi connectivity index (χ3v) is 33.7. The highest BCUT2D eigenvalue weighted by Gasteiger charge is 2.26. The molecule has 0 amide bonds. The van der Waals surface area contributed by atoms with Crippen molar-refractivity contribution in [2.45, 2.75) is 0 Å². The van der Waals surface area contributed by atoms with Crippen LogP contribution >= 0.6 is 34.0 Å². The van der Waals surface area contributed by atoms with Crippen molar-refractivity contribution in [3.05, 3.63) is 497 Å². The molecule has 0 aliphatic rings. The van der Waals surface area contributed by atoms with Crippen LogP contribution in [0.2, 0.25) is 0 Å². The molecule has 0 aliphatic carbocycles. The van der Waals surface area contributed by atoms with Gasteiger partial charge in [0.2, 0.25) is 0 Å². The van der Waals surface area contributed by atoms with E-state index in [2.05, 4.69) is 497 Å². The summed E-state index contributed by atoms with van der Waals surface area (Å²) in [6.07, 6.45) is 0. The zero-order chi connectivity index (χ0) is 92.4. The SMILES string of the molecule is c1ccc(-c2ccc(-c3c4ccccc4c(-c4ccc5sc6c7ccccc7c7ccccc7c6c5c4)c4ccccc34)cc2)cc1.c1ccc2c(-c3c4ccccc4c(-c4ccc5sc6c7ccccc7c7ccccc7c6c5c4)c4ccccc34)cccc2c1.c1ccc2c(c1)ccc1cc(-c3c4ccccc4c(-c4ccc5sc6c7ccccc7c7ccccc7c6c5c4)c4ccccc34)ccc12. The molecule has 31 aromatic rings. The monoisotopic (exact) mass is 1830 g/mol. The van der Waals surface area contributed by atoms with E-state index in [1.54, 1.807) is 0 Å². The smallest absolute Gasteiger partial charge is 0.0440 e. The second-order valence-corrected chi connectivity index (χ2v) is 40.7. The highest BCUT2D eigenvalue weighted by Crippen LogP contribution is 2.55. The Morgan fingerprint density at radius 3 is 0.695 bits per heavy atom. The number of benzene rings is 28. The van der Waals surface area contributed by atoms with Crippen LogP contribution in [0.15, 0.2) is 497 Å². The summed E-state index contributed by atoms with van der Waals surface area (Å²) in [5, 5.41) is 47.1. The van der Waals surface area contributed by atoms with Crippen LogP contribution in [-0.2, 0) is 0 Å². The molecule has 3 heteroatoms. The lowest BCUT2D eigenvalue weighted by Crippen LogP contribution is -1.91. The molecular formula is C138H82S3. The maximum absolute atomic E-state index is 2.46. The normalized spacial score (nSPS) is 12.0. The Labute approximate surface area is 824 Å². The van der Waals surface area contributed by atoms with Crippen LogP contribution in [-0.4, -0.2) is 0 Å². The van der Waals surface area contributed by atoms with Gasteiger partial charge >= 0.3 is 0 Å². The molecular weight excluding hydrogens is 1750 g/mol. The van der Waals surface area contributed by atoms with Gasteiger partial charge in [0.15, 0.2) is 0 Å². The van der Waals surface area contributed by atoms with E-state index in [1.807, 2.05) is 34.0 Å². The highest BCUT2D eigenvalue weighted by atomic mass is 32.1. The van der Waals surface area contributed by atoms with Gasteiger partial charge in [-0.15, -0.1) is 34.0 Å². The third-order valence-electron chi connectivity index (χ3n) is 30.1. The first-order valence-electron chi connectivity index (χ1n) is 48.6. The van der Waals surface area contributed by atoms with Crippen molar-refractivity contribution in [3.63, 3.8) is 0 Å². The predicted molar refractivity (Wildman–Crippen MR) is 619 cm³/mol. The van der Waals surface area contributed by atoms with E-state index in [1.165, 1.54) is 300 Å². The summed E-state index contributed by atoms with van der Waals surface area (Å²) in [4.78, 5) is 0. The lowest BCUT2D eigenvalue weighted by atomic mass is 9.84. The number of fused-ring (bicyclic) bond motifs is 34. The topological polar surface area (TPSA) is 0 Å². The molecule has 0 nitrogen and oxygen atoms in total. The molecule has 0 spiro atoms. The second kappa shape index (κ2) is 32.7. The standard InChI is InChI=1S/C48H28S.C46H28S.C44H26S/c1-2-12-33-29(11-1)21-22-30-27-31(23-25-34(30)33)45-38-16-6-8-18-40(38)46(41-19-9-7-17-39(41)45)32-24-26-44-43(28-32)47-37-15-5-3-13-35(37)36-14-4-10-20-42(36)48(47)49-44;1-2-12-29(13-3-1)30-22-24-31(25-23-30)43-36-17-7-9-19-38(36)44(39-20-10-8-18-37(39)43)32-26-27-42-41(28-32)45-35-16-6-4-14-33(35)34-15-5-11-21-40(34)46(45)47-42;1-2-14-29-27(12-1)13-11-23-32(29)42-36-20-8-6-18-34(36)41(35-19-7-9-21-37(35)42)28-24-25-40-39(26-28)43-33-17-5-3-15-30(33)31-16-4-10-22-38(31)44(43)45-40/h1-28H;1-28H;1-26H. The van der Waals surface area contributed by atoms with E-state index in [4.69, 9.17) is 0 Å². The van der Waals surface area contributed by atoms with E-state index >= 15 is 0 Å². The number of rotatable bonds is 7. The first-order chi connectivity index (χ1) is 70.0. The molecule has 0 N–H and O–H groups in total. The third kappa shape index (κ3) is 12.8. The molecule has 3 aromatic heterocycles. The van der Waals surface area contributed by atoms with Crippen LogP contribution in [0.25, 0.3) is 300 Å². The van der Waals surface area contributed by atoms with Gasteiger partial charge in [-0.05, 0) is 266 Å². The molecule has 141 heavy (non-hydrogen) atoms. The first kappa shape index (κ1) is 80.9. The minimum atomic E-state index is 1.23. The summed E-state index contributed by atoms with van der Waals surface area (Å²) < 4.78 is 8.10. The van der Waals surface area contributed by atoms with Gasteiger partial charge in [0.25, 0.3) is 0 Å². The predicted octanol–water partition coefficient (Wildman–Crippen LogP) is 41.1. The van der Waals surface area contributed by atoms with Crippen molar-refractivity contribution in [3.8, 4) is 77.9 Å². The molecule has 0 saturated heterocycles.